The molecule has 2 N–H and O–H groups in total. The first-order valence-corrected chi connectivity index (χ1v) is 14.6. The summed E-state index contributed by atoms with van der Waals surface area (Å²) in [6.07, 6.45) is 4.06. The maximum absolute atomic E-state index is 14.4. The van der Waals surface area contributed by atoms with Crippen LogP contribution in [0.4, 0.5) is 24.5 Å². The highest BCUT2D eigenvalue weighted by Crippen LogP contribution is 2.48. The zero-order valence-electron chi connectivity index (χ0n) is 24.1. The van der Waals surface area contributed by atoms with Gasteiger partial charge in [-0.15, -0.1) is 0 Å². The van der Waals surface area contributed by atoms with Crippen LogP contribution in [0.1, 0.15) is 91.4 Å². The molecule has 3 aromatic rings. The fourth-order valence-electron chi connectivity index (χ4n) is 6.57. The summed E-state index contributed by atoms with van der Waals surface area (Å²) in [5, 5.41) is 11.3. The summed E-state index contributed by atoms with van der Waals surface area (Å²) < 4.78 is 46.8. The molecule has 0 atom stereocenters. The van der Waals surface area contributed by atoms with Crippen LogP contribution in [0.15, 0.2) is 36.9 Å². The molecule has 1 amide bonds. The number of hydrogen-bond acceptors (Lipinski definition) is 4. The summed E-state index contributed by atoms with van der Waals surface area (Å²) >= 11 is 0. The van der Waals surface area contributed by atoms with Gasteiger partial charge in [-0.05, 0) is 93.2 Å². The van der Waals surface area contributed by atoms with E-state index in [4.69, 9.17) is 0 Å². The predicted octanol–water partition coefficient (Wildman–Crippen LogP) is 5.85. The van der Waals surface area contributed by atoms with Gasteiger partial charge in [0.05, 0.1) is 24.8 Å². The summed E-state index contributed by atoms with van der Waals surface area (Å²) in [6.45, 7) is 7.13. The van der Waals surface area contributed by atoms with Gasteiger partial charge >= 0.3 is 6.18 Å². The predicted molar refractivity (Wildman–Crippen MR) is 151 cm³/mol. The molecule has 7 nitrogen and oxygen atoms in total. The summed E-state index contributed by atoms with van der Waals surface area (Å²) in [6, 6.07) is 6.86. The van der Waals surface area contributed by atoms with E-state index in [1.807, 2.05) is 30.9 Å². The number of carbonyl (C=O) groups excluding carboxylic acids is 1. The molecule has 0 spiro atoms. The van der Waals surface area contributed by atoms with Crippen LogP contribution in [0.2, 0.25) is 0 Å². The van der Waals surface area contributed by atoms with Gasteiger partial charge in [0.25, 0.3) is 12.2 Å². The molecule has 6 rings (SSSR count). The minimum atomic E-state index is -4.58. The van der Waals surface area contributed by atoms with E-state index in [1.54, 1.807) is 17.1 Å². The van der Waals surface area contributed by atoms with Crippen LogP contribution in [0, 0.1) is 5.92 Å². The number of aromatic nitrogens is 3. The number of amides is 1. The van der Waals surface area contributed by atoms with Gasteiger partial charge in [-0.1, -0.05) is 11.6 Å². The molecule has 218 valence electrons. The lowest BCUT2D eigenvalue weighted by Gasteiger charge is -2.39. The average Bonchev–Trinajstić information content (AvgIpc) is 3.46. The third-order valence-electron chi connectivity index (χ3n) is 9.07. The number of nitrogens with zero attached hydrogens (tertiary/aromatic N) is 4. The number of halogens is 3. The van der Waals surface area contributed by atoms with Crippen LogP contribution < -0.4 is 20.1 Å². The Morgan fingerprint density at radius 2 is 1.93 bits per heavy atom. The quantitative estimate of drug-likeness (QED) is 0.335. The number of benzene rings is 2. The number of carbonyl (C=O) groups is 1. The maximum atomic E-state index is 14.4. The van der Waals surface area contributed by atoms with Crippen LogP contribution in [0.25, 0.3) is 5.69 Å². The Kier molecular flexibility index (Phi) is 6.87. The molecule has 2 aromatic carbocycles. The van der Waals surface area contributed by atoms with E-state index >= 15 is 0 Å². The highest BCUT2D eigenvalue weighted by atomic mass is 19.4. The zero-order chi connectivity index (χ0) is 29.1. The fraction of sp³-hybridized carbons (Fsp3) is 0.516. The topological polar surface area (TPSA) is 66.1 Å². The summed E-state index contributed by atoms with van der Waals surface area (Å²) in [5.74, 6) is 0.457. The van der Waals surface area contributed by atoms with Crippen molar-refractivity contribution in [1.82, 2.24) is 15.1 Å². The highest BCUT2D eigenvalue weighted by molar-refractivity contribution is 6.11. The lowest BCUT2D eigenvalue weighted by atomic mass is 9.71. The highest BCUT2D eigenvalue weighted by Gasteiger charge is 2.43. The van der Waals surface area contributed by atoms with Gasteiger partial charge in [-0.3, -0.25) is 4.79 Å². The molecule has 0 saturated heterocycles. The molecular weight excluding hydrogens is 529 g/mol. The number of anilines is 2. The fourth-order valence-corrected chi connectivity index (χ4v) is 6.57. The van der Waals surface area contributed by atoms with E-state index in [9.17, 15) is 18.0 Å². The van der Waals surface area contributed by atoms with Crippen molar-refractivity contribution in [2.75, 3.05) is 16.8 Å². The van der Waals surface area contributed by atoms with Crippen molar-refractivity contribution >= 4 is 17.3 Å². The molecule has 41 heavy (non-hydrogen) atoms. The van der Waals surface area contributed by atoms with Crippen LogP contribution in [0.3, 0.4) is 0 Å². The summed E-state index contributed by atoms with van der Waals surface area (Å²) in [7, 11) is 1.87. The Bertz CT molecular complexity index is 1490. The number of nitrogens with one attached hydrogen (secondary N) is 2. The van der Waals surface area contributed by atoms with Crippen LogP contribution in [-0.4, -0.2) is 27.8 Å². The smallest absolute Gasteiger partial charge is 0.385 e. The number of hydrogen-bond donors (Lipinski definition) is 2. The van der Waals surface area contributed by atoms with E-state index in [-0.39, 0.29) is 35.7 Å². The van der Waals surface area contributed by atoms with Gasteiger partial charge in [0.2, 0.25) is 6.33 Å². The second kappa shape index (κ2) is 10.2. The second-order valence-corrected chi connectivity index (χ2v) is 12.4. The van der Waals surface area contributed by atoms with Crippen LogP contribution >= 0.6 is 0 Å². The molecular formula is C31H38F3N6O+. The van der Waals surface area contributed by atoms with Gasteiger partial charge in [-0.25, -0.2) is 4.57 Å². The molecule has 3 aliphatic rings. The van der Waals surface area contributed by atoms with Crippen LogP contribution in [0.5, 0.6) is 0 Å². The zero-order valence-corrected chi connectivity index (χ0v) is 24.1. The molecule has 2 fully saturated rings. The Morgan fingerprint density at radius 3 is 2.51 bits per heavy atom. The van der Waals surface area contributed by atoms with Gasteiger partial charge in [0.15, 0.2) is 5.69 Å². The van der Waals surface area contributed by atoms with E-state index in [1.165, 1.54) is 11.0 Å². The van der Waals surface area contributed by atoms with Crippen molar-refractivity contribution in [3.8, 4) is 5.69 Å². The van der Waals surface area contributed by atoms with Crippen molar-refractivity contribution in [2.24, 2.45) is 13.0 Å². The van der Waals surface area contributed by atoms with Gasteiger partial charge in [-0.2, -0.15) is 13.2 Å². The average molecular weight is 568 g/mol. The first kappa shape index (κ1) is 27.8. The first-order valence-electron chi connectivity index (χ1n) is 14.6. The normalized spacial score (nSPS) is 21.4. The summed E-state index contributed by atoms with van der Waals surface area (Å²) in [4.78, 5) is 15.6. The van der Waals surface area contributed by atoms with Crippen molar-refractivity contribution in [3.63, 3.8) is 0 Å². The van der Waals surface area contributed by atoms with Crippen LogP contribution in [-0.2, 0) is 26.3 Å². The Balaban J connectivity index is 1.46. The summed E-state index contributed by atoms with van der Waals surface area (Å²) in [5.41, 5.74) is 3.05. The number of rotatable bonds is 8. The minimum absolute atomic E-state index is 0.0331. The minimum Gasteiger partial charge on any atom is -0.385 e. The van der Waals surface area contributed by atoms with Crippen molar-refractivity contribution in [3.05, 3.63) is 64.7 Å². The van der Waals surface area contributed by atoms with Gasteiger partial charge < -0.3 is 15.5 Å². The number of fused-ring (bicyclic) bond motifs is 1. The lowest BCUT2D eigenvalue weighted by Crippen LogP contribution is -2.47. The molecule has 2 saturated carbocycles. The SMILES string of the molecule is CCNc1cc(C2CC(C)C2)c(-n2c[n+](C)cn2)c(N2Cc3c(cc(CNC4(C)CCC4)cc3C(F)(F)F)C2=O)c1. The van der Waals surface area contributed by atoms with E-state index in [2.05, 4.69) is 35.6 Å². The van der Waals surface area contributed by atoms with Gasteiger partial charge in [0.1, 0.15) is 0 Å². The number of alkyl halides is 3. The molecule has 0 bridgehead atoms. The van der Waals surface area contributed by atoms with Crippen molar-refractivity contribution in [2.45, 2.75) is 83.6 Å². The monoisotopic (exact) mass is 567 g/mol. The molecule has 1 aromatic heterocycles. The van der Waals surface area contributed by atoms with E-state index < -0.39 is 17.6 Å². The second-order valence-electron chi connectivity index (χ2n) is 12.4. The molecule has 2 heterocycles. The molecule has 2 aliphatic carbocycles. The van der Waals surface area contributed by atoms with E-state index in [0.29, 0.717) is 23.7 Å². The third-order valence-corrected chi connectivity index (χ3v) is 9.07. The number of aryl methyl sites for hydroxylation is 1. The lowest BCUT2D eigenvalue weighted by molar-refractivity contribution is -0.672. The third kappa shape index (κ3) is 5.11. The Labute approximate surface area is 238 Å². The Hall–Kier alpha value is -3.40. The van der Waals surface area contributed by atoms with Crippen molar-refractivity contribution < 1.29 is 22.5 Å². The maximum Gasteiger partial charge on any atom is 0.416 e. The molecule has 0 radical (unpaired) electrons. The molecule has 0 unspecified atom stereocenters. The van der Waals surface area contributed by atoms with Crippen molar-refractivity contribution in [1.29, 1.82) is 0 Å². The Morgan fingerprint density at radius 1 is 1.17 bits per heavy atom. The molecule has 10 heteroatoms. The first-order chi connectivity index (χ1) is 19.5. The molecule has 1 aliphatic heterocycles. The standard InChI is InChI=1S/C31H38F3N6O/c1-5-35-22-13-23(21-9-19(2)10-21)28(40-18-38(4)17-37-40)27(14-22)39-16-25-24(29(39)41)11-20(12-26(25)31(32,33)34)15-36-30(3)7-6-8-30/h11-14,17-19,21,35-36H,5-10,15-16H2,1-4H3/q+1. The van der Waals surface area contributed by atoms with Gasteiger partial charge in [0, 0.05) is 40.5 Å². The largest absolute Gasteiger partial charge is 0.416 e. The van der Waals surface area contributed by atoms with E-state index in [0.717, 1.165) is 49.0 Å².